The van der Waals surface area contributed by atoms with Gasteiger partial charge in [0.25, 0.3) is 0 Å². The summed E-state index contributed by atoms with van der Waals surface area (Å²) >= 11 is 0. The maximum absolute atomic E-state index is 14.2. The van der Waals surface area contributed by atoms with Crippen LogP contribution in [0.25, 0.3) is 16.6 Å². The summed E-state index contributed by atoms with van der Waals surface area (Å²) in [6.45, 7) is 4.36. The minimum Gasteiger partial charge on any atom is -0.481 e. The molecule has 0 spiro atoms. The summed E-state index contributed by atoms with van der Waals surface area (Å²) in [5, 5.41) is 10.1. The molecule has 1 N–H and O–H groups in total. The fraction of sp³-hybridized carbons (Fsp3) is 0.273. The Morgan fingerprint density at radius 2 is 2.07 bits per heavy atom. The van der Waals surface area contributed by atoms with Gasteiger partial charge >= 0.3 is 5.97 Å². The third-order valence-corrected chi connectivity index (χ3v) is 4.81. The molecular weight excluding hydrogens is 343 g/mol. The van der Waals surface area contributed by atoms with Gasteiger partial charge < -0.3 is 9.67 Å². The molecule has 3 aromatic rings. The van der Waals surface area contributed by atoms with Crippen molar-refractivity contribution in [2.24, 2.45) is 4.99 Å². The molecule has 0 saturated carbocycles. The summed E-state index contributed by atoms with van der Waals surface area (Å²) in [6, 6.07) is 1.40. The summed E-state index contributed by atoms with van der Waals surface area (Å²) < 4.78 is 48.5. The maximum Gasteiger partial charge on any atom is 0.303 e. The van der Waals surface area contributed by atoms with E-state index in [9.17, 15) is 14.3 Å². The van der Waals surface area contributed by atoms with Gasteiger partial charge in [0.05, 0.1) is 17.5 Å². The molecule has 4 nitrogen and oxygen atoms in total. The Morgan fingerprint density at radius 3 is 2.74 bits per heavy atom. The molecule has 0 unspecified atom stereocenters. The fourth-order valence-electron chi connectivity index (χ4n) is 3.72. The molecule has 138 valence electrons. The highest BCUT2D eigenvalue weighted by Gasteiger charge is 2.23. The molecule has 1 aromatic heterocycles. The van der Waals surface area contributed by atoms with Crippen LogP contribution in [0.5, 0.6) is 0 Å². The van der Waals surface area contributed by atoms with E-state index in [-0.39, 0.29) is 24.4 Å². The lowest BCUT2D eigenvalue weighted by molar-refractivity contribution is -0.136. The molecule has 4 rings (SSSR count). The minimum atomic E-state index is -1.19. The van der Waals surface area contributed by atoms with Crippen LogP contribution in [0.1, 0.15) is 54.1 Å². The second kappa shape index (κ2) is 6.65. The Balaban J connectivity index is 2.16. The molecule has 0 amide bonds. The maximum atomic E-state index is 14.2. The zero-order chi connectivity index (χ0) is 22.6. The van der Waals surface area contributed by atoms with Crippen LogP contribution in [0.4, 0.5) is 4.39 Å². The van der Waals surface area contributed by atoms with Crippen LogP contribution in [0.2, 0.25) is 0 Å². The molecule has 0 atom stereocenters. The molecule has 0 radical (unpaired) electrons. The molecule has 27 heavy (non-hydrogen) atoms. The molecule has 2 aromatic carbocycles. The van der Waals surface area contributed by atoms with Crippen molar-refractivity contribution in [3.8, 4) is 5.69 Å². The summed E-state index contributed by atoms with van der Waals surface area (Å²) in [6.07, 6.45) is 1.89. The molecule has 0 saturated heterocycles. The number of hydrogen-bond acceptors (Lipinski definition) is 2. The zero-order valence-electron chi connectivity index (χ0n) is 19.1. The van der Waals surface area contributed by atoms with Crippen molar-refractivity contribution in [1.29, 1.82) is 0 Å². The lowest BCUT2D eigenvalue weighted by Crippen LogP contribution is -2.06. The Kier molecular flexibility index (Phi) is 3.26. The van der Waals surface area contributed by atoms with E-state index in [1.54, 1.807) is 10.8 Å². The number of fused-ring (bicyclic) bond motifs is 2. The van der Waals surface area contributed by atoms with Gasteiger partial charge in [-0.3, -0.25) is 9.79 Å². The first-order valence-electron chi connectivity index (χ1n) is 10.8. The SMILES string of the molecule is [2H]c1c([2H])c(-n2c(C(C)C)c(CCC(=O)O)c3cc4c(cc32)C=NC4)c([2H])c([2H])c1F. The van der Waals surface area contributed by atoms with Gasteiger partial charge in [-0.1, -0.05) is 13.8 Å². The topological polar surface area (TPSA) is 54.6 Å². The van der Waals surface area contributed by atoms with Gasteiger partial charge in [-0.05, 0) is 65.3 Å². The molecule has 2 heterocycles. The highest BCUT2D eigenvalue weighted by atomic mass is 19.1. The number of aliphatic carboxylic acids is 1. The summed E-state index contributed by atoms with van der Waals surface area (Å²) in [5.74, 6) is -2.25. The zero-order valence-corrected chi connectivity index (χ0v) is 15.1. The number of benzene rings is 2. The van der Waals surface area contributed by atoms with Crippen molar-refractivity contribution in [3.63, 3.8) is 0 Å². The number of halogens is 1. The minimum absolute atomic E-state index is 0.0402. The number of aryl methyl sites for hydroxylation is 1. The van der Waals surface area contributed by atoms with Crippen molar-refractivity contribution in [2.45, 2.75) is 39.2 Å². The first-order valence-corrected chi connectivity index (χ1v) is 8.81. The van der Waals surface area contributed by atoms with Gasteiger partial charge in [0, 0.05) is 29.4 Å². The quantitative estimate of drug-likeness (QED) is 0.700. The van der Waals surface area contributed by atoms with Crippen LogP contribution in [0.3, 0.4) is 0 Å². The van der Waals surface area contributed by atoms with Crippen LogP contribution < -0.4 is 0 Å². The monoisotopic (exact) mass is 368 g/mol. The normalized spacial score (nSPS) is 15.0. The Hall–Kier alpha value is -2.95. The van der Waals surface area contributed by atoms with Crippen LogP contribution in [-0.4, -0.2) is 21.9 Å². The summed E-state index contributed by atoms with van der Waals surface area (Å²) in [5.41, 5.74) is 3.94. The van der Waals surface area contributed by atoms with Crippen LogP contribution >= 0.6 is 0 Å². The average molecular weight is 368 g/mol. The second-order valence-electron chi connectivity index (χ2n) is 6.95. The van der Waals surface area contributed by atoms with Crippen LogP contribution in [0.15, 0.2) is 41.3 Å². The average Bonchev–Trinajstić information content (AvgIpc) is 3.30. The first kappa shape index (κ1) is 13.3. The van der Waals surface area contributed by atoms with Gasteiger partial charge in [-0.15, -0.1) is 0 Å². The number of aromatic nitrogens is 1. The first-order chi connectivity index (χ1) is 14.6. The Bertz CT molecular complexity index is 1250. The third-order valence-electron chi connectivity index (χ3n) is 4.81. The van der Waals surface area contributed by atoms with E-state index >= 15 is 0 Å². The van der Waals surface area contributed by atoms with Gasteiger partial charge in [0.2, 0.25) is 0 Å². The van der Waals surface area contributed by atoms with Crippen molar-refractivity contribution in [3.05, 3.63) is 64.5 Å². The highest BCUT2D eigenvalue weighted by Crippen LogP contribution is 2.37. The molecule has 0 bridgehead atoms. The number of hydrogen-bond donors (Lipinski definition) is 1. The summed E-state index contributed by atoms with van der Waals surface area (Å²) in [4.78, 5) is 15.6. The van der Waals surface area contributed by atoms with E-state index in [2.05, 4.69) is 4.99 Å². The Labute approximate surface area is 162 Å². The number of carboxylic acid groups (broad SMARTS) is 1. The predicted octanol–water partition coefficient (Wildman–Crippen LogP) is 4.84. The Morgan fingerprint density at radius 1 is 1.33 bits per heavy atom. The second-order valence-corrected chi connectivity index (χ2v) is 6.95. The van der Waals surface area contributed by atoms with Crippen LogP contribution in [0, 0.1) is 5.82 Å². The highest BCUT2D eigenvalue weighted by molar-refractivity contribution is 5.96. The number of carbonyl (C=O) groups is 1. The van der Waals surface area contributed by atoms with E-state index < -0.39 is 36.0 Å². The number of carboxylic acids is 1. The van der Waals surface area contributed by atoms with Gasteiger partial charge in [-0.2, -0.15) is 0 Å². The lowest BCUT2D eigenvalue weighted by Gasteiger charge is -2.15. The molecular formula is C22H21FN2O2. The van der Waals surface area contributed by atoms with Gasteiger partial charge in [0.1, 0.15) is 5.82 Å². The van der Waals surface area contributed by atoms with E-state index in [1.165, 1.54) is 0 Å². The van der Waals surface area contributed by atoms with E-state index in [0.717, 1.165) is 22.1 Å². The van der Waals surface area contributed by atoms with Crippen molar-refractivity contribution in [2.75, 3.05) is 0 Å². The summed E-state index contributed by atoms with van der Waals surface area (Å²) in [7, 11) is 0. The molecule has 1 aliphatic heterocycles. The van der Waals surface area contributed by atoms with Crippen molar-refractivity contribution < 1.29 is 19.8 Å². The fourth-order valence-corrected chi connectivity index (χ4v) is 3.72. The smallest absolute Gasteiger partial charge is 0.303 e. The lowest BCUT2D eigenvalue weighted by atomic mass is 9.97. The molecule has 1 aliphatic rings. The largest absolute Gasteiger partial charge is 0.481 e. The van der Waals surface area contributed by atoms with Crippen LogP contribution in [-0.2, 0) is 17.8 Å². The third kappa shape index (κ3) is 3.03. The number of aliphatic imine (C=N–C) groups is 1. The predicted molar refractivity (Wildman–Crippen MR) is 105 cm³/mol. The molecule has 0 aliphatic carbocycles. The van der Waals surface area contributed by atoms with Crippen molar-refractivity contribution in [1.82, 2.24) is 4.57 Å². The van der Waals surface area contributed by atoms with Crippen molar-refractivity contribution >= 4 is 23.1 Å². The van der Waals surface area contributed by atoms with Gasteiger partial charge in [-0.25, -0.2) is 4.39 Å². The standard InChI is InChI=1S/C22H21FN2O2/c1-13(2)22-18(7-8-21(26)27)19-9-14-11-24-12-15(14)10-20(19)25(22)17-5-3-16(23)4-6-17/h3-6,9-10,12-13H,7-8,11H2,1-2H3,(H,26,27)/i3D,4D,5D,6D. The molecule has 0 fully saturated rings. The number of nitrogens with zero attached hydrogens (tertiary/aromatic N) is 2. The van der Waals surface area contributed by atoms with E-state index in [0.29, 0.717) is 17.8 Å². The van der Waals surface area contributed by atoms with E-state index in [4.69, 9.17) is 5.48 Å². The number of rotatable bonds is 5. The van der Waals surface area contributed by atoms with E-state index in [1.807, 2.05) is 26.0 Å². The van der Waals surface area contributed by atoms with Gasteiger partial charge in [0.15, 0.2) is 0 Å². The molecule has 5 heteroatoms.